The summed E-state index contributed by atoms with van der Waals surface area (Å²) in [7, 11) is 3.04. The molecule has 4 heterocycles. The van der Waals surface area contributed by atoms with E-state index in [-0.39, 0.29) is 23.8 Å². The molecule has 4 fully saturated rings. The monoisotopic (exact) mass is 797 g/mol. The number of benzene rings is 1. The summed E-state index contributed by atoms with van der Waals surface area (Å²) >= 11 is 6.12. The minimum absolute atomic E-state index is 0.00951. The topological polar surface area (TPSA) is 148 Å². The van der Waals surface area contributed by atoms with Crippen molar-refractivity contribution in [2.45, 2.75) is 110 Å². The third-order valence-corrected chi connectivity index (χ3v) is 13.1. The molecule has 0 radical (unpaired) electrons. The van der Waals surface area contributed by atoms with E-state index >= 15 is 4.79 Å². The number of esters is 2. The molecule has 7 unspecified atom stereocenters. The number of halogens is 1. The number of ketones is 1. The van der Waals surface area contributed by atoms with Gasteiger partial charge in [-0.15, -0.1) is 11.6 Å². The Bertz CT molecular complexity index is 2200. The van der Waals surface area contributed by atoms with Crippen LogP contribution in [0.3, 0.4) is 0 Å². The number of nitrogens with one attached hydrogen (secondary N) is 1. The highest BCUT2D eigenvalue weighted by atomic mass is 35.5. The predicted octanol–water partition coefficient (Wildman–Crippen LogP) is 8.05. The van der Waals surface area contributed by atoms with E-state index in [1.54, 1.807) is 24.9 Å². The van der Waals surface area contributed by atoms with Gasteiger partial charge in [0.2, 0.25) is 0 Å². The van der Waals surface area contributed by atoms with Crippen molar-refractivity contribution in [1.29, 1.82) is 10.7 Å². The molecule has 1 saturated heterocycles. The Morgan fingerprint density at radius 3 is 2.42 bits per heavy atom. The summed E-state index contributed by atoms with van der Waals surface area (Å²) in [6.45, 7) is 15.7. The molecule has 0 aromatic heterocycles. The second-order valence-corrected chi connectivity index (χ2v) is 17.7. The summed E-state index contributed by atoms with van der Waals surface area (Å²) in [5.74, 6) is -3.66. The lowest BCUT2D eigenvalue weighted by molar-refractivity contribution is -0.183. The Kier molecular flexibility index (Phi) is 9.97. The number of allylic oxidation sites excluding steroid dienone is 4. The minimum Gasteiger partial charge on any atom is -0.482 e. The Morgan fingerprint density at radius 1 is 1.09 bits per heavy atom. The van der Waals surface area contributed by atoms with Crippen molar-refractivity contribution in [2.75, 3.05) is 20.0 Å². The zero-order chi connectivity index (χ0) is 41.6. The van der Waals surface area contributed by atoms with Crippen LogP contribution in [0.4, 0.5) is 0 Å². The maximum atomic E-state index is 15.3. The number of ether oxygens (including phenoxy) is 5. The molecule has 1 N–H and O–H groups in total. The number of carbonyl (C=O) groups is 3. The number of hydrogen-bond acceptors (Lipinski definition) is 10. The fourth-order valence-corrected chi connectivity index (χ4v) is 10.4. The first-order chi connectivity index (χ1) is 26.8. The van der Waals surface area contributed by atoms with E-state index < -0.39 is 63.9 Å². The first-order valence-corrected chi connectivity index (χ1v) is 20.2. The number of carbonyl (C=O) groups excluding carboxylic acids is 3. The van der Waals surface area contributed by atoms with Gasteiger partial charge in [-0.25, -0.2) is 4.79 Å². The van der Waals surface area contributed by atoms with Gasteiger partial charge in [-0.3, -0.25) is 15.0 Å². The minimum atomic E-state index is -1.63. The van der Waals surface area contributed by atoms with Gasteiger partial charge in [-0.05, 0) is 93.2 Å². The summed E-state index contributed by atoms with van der Waals surface area (Å²) < 4.78 is 33.0. The number of hydrogen-bond donors (Lipinski definition) is 1. The fourth-order valence-electron chi connectivity index (χ4n) is 10.3. The maximum absolute atomic E-state index is 15.3. The lowest BCUT2D eigenvalue weighted by Crippen LogP contribution is -2.76. The van der Waals surface area contributed by atoms with Crippen LogP contribution < -0.4 is 14.2 Å². The van der Waals surface area contributed by atoms with Gasteiger partial charge in [0.15, 0.2) is 22.7 Å². The molecule has 7 aliphatic rings. The molecule has 0 amide bonds. The first kappa shape index (κ1) is 40.5. The molecule has 8 rings (SSSR count). The molecule has 12 heteroatoms. The molecule has 7 atom stereocenters. The molecule has 4 aliphatic heterocycles. The van der Waals surface area contributed by atoms with E-state index in [0.29, 0.717) is 64.3 Å². The molecule has 302 valence electrons. The van der Waals surface area contributed by atoms with Crippen LogP contribution in [0.2, 0.25) is 0 Å². The molecule has 3 aliphatic carbocycles. The van der Waals surface area contributed by atoms with Crippen molar-refractivity contribution in [2.24, 2.45) is 23.7 Å². The van der Waals surface area contributed by atoms with Crippen molar-refractivity contribution < 1.29 is 38.1 Å². The Balaban J connectivity index is 1.61. The number of nitriles is 1. The SMILES string of the molecule is COC(=O)C(C)=CCC12OC(C)(C)C3CC(C1=O)C1C4=C(c5c(OC(=O)CCl)c6c(c(CC=C(C)C)c5OC432)OC(C)(CCC=C(C)C)C=C6)N(C)C(=N)C1C#N. The smallest absolute Gasteiger partial charge is 0.333 e. The molecule has 3 saturated carbocycles. The third kappa shape index (κ3) is 5.84. The van der Waals surface area contributed by atoms with Crippen molar-refractivity contribution in [3.63, 3.8) is 0 Å². The van der Waals surface area contributed by atoms with Gasteiger partial charge in [0.25, 0.3) is 0 Å². The average molecular weight is 798 g/mol. The second kappa shape index (κ2) is 14.0. The zero-order valence-electron chi connectivity index (χ0n) is 34.5. The van der Waals surface area contributed by atoms with Gasteiger partial charge >= 0.3 is 11.9 Å². The van der Waals surface area contributed by atoms with Crippen LogP contribution in [-0.4, -0.2) is 70.9 Å². The van der Waals surface area contributed by atoms with Gasteiger partial charge in [0.05, 0.1) is 35.6 Å². The van der Waals surface area contributed by atoms with E-state index in [0.717, 1.165) is 12.0 Å². The lowest BCUT2D eigenvalue weighted by Gasteiger charge is -2.64. The predicted molar refractivity (Wildman–Crippen MR) is 216 cm³/mol. The highest BCUT2D eigenvalue weighted by Crippen LogP contribution is 2.74. The quantitative estimate of drug-likeness (QED) is 0.0811. The molecular formula is C45H52ClN3O8. The molecular weight excluding hydrogens is 746 g/mol. The second-order valence-electron chi connectivity index (χ2n) is 17.5. The average Bonchev–Trinajstić information content (AvgIpc) is 3.30. The van der Waals surface area contributed by atoms with Gasteiger partial charge in [0.1, 0.15) is 34.7 Å². The van der Waals surface area contributed by atoms with Crippen LogP contribution in [0.15, 0.2) is 46.6 Å². The van der Waals surface area contributed by atoms with Crippen molar-refractivity contribution in [3.8, 4) is 23.3 Å². The lowest BCUT2D eigenvalue weighted by atomic mass is 9.44. The number of amidine groups is 1. The number of nitrogens with zero attached hydrogens (tertiary/aromatic N) is 2. The Labute approximate surface area is 339 Å². The number of methoxy groups -OCH3 is 1. The van der Waals surface area contributed by atoms with E-state index in [9.17, 15) is 20.3 Å². The summed E-state index contributed by atoms with van der Waals surface area (Å²) in [5.41, 5.74) is 0.604. The maximum Gasteiger partial charge on any atom is 0.333 e. The first-order valence-electron chi connectivity index (χ1n) is 19.6. The highest BCUT2D eigenvalue weighted by Gasteiger charge is 2.84. The molecule has 1 aromatic rings. The zero-order valence-corrected chi connectivity index (χ0v) is 35.2. The van der Waals surface area contributed by atoms with Crippen LogP contribution in [0.1, 0.15) is 97.8 Å². The number of alkyl halides is 1. The molecule has 11 nitrogen and oxygen atoms in total. The van der Waals surface area contributed by atoms with Crippen LogP contribution >= 0.6 is 11.6 Å². The third-order valence-electron chi connectivity index (χ3n) is 12.9. The van der Waals surface area contributed by atoms with Crippen LogP contribution in [0.5, 0.6) is 17.2 Å². The molecule has 1 aromatic carbocycles. The van der Waals surface area contributed by atoms with E-state index in [1.807, 2.05) is 46.8 Å². The van der Waals surface area contributed by atoms with Crippen LogP contribution in [-0.2, 0) is 30.3 Å². The van der Waals surface area contributed by atoms with E-state index in [1.165, 1.54) is 12.7 Å². The standard InChI is InChI=1S/C45H52ClN3O8/c1-23(2)12-11-17-43(8)18-16-27-36(55-43)26(14-13-24(3)4)38-33(37(27)54-31(50)21-46)35-34-32(29(22-47)40(48)49(35)9)28-20-30-42(6,7)57-44(39(28)51,45(30,34)56-38)19-15-25(5)41(52)53-10/h12-13,15-16,18,28-30,32,48H,11,14,17,19-21H2,1-10H3. The molecule has 1 spiro atoms. The number of Topliss-reactive ketones (excluding diaryl/α,β-unsaturated/α-hetero) is 1. The number of fused-ring (bicyclic) bond motifs is 3. The Morgan fingerprint density at radius 2 is 1.79 bits per heavy atom. The summed E-state index contributed by atoms with van der Waals surface area (Å²) in [5, 5.41) is 20.2. The fraction of sp³-hybridized carbons (Fsp3) is 0.533. The van der Waals surface area contributed by atoms with E-state index in [2.05, 4.69) is 32.1 Å². The summed E-state index contributed by atoms with van der Waals surface area (Å²) in [6, 6.07) is 2.37. The summed E-state index contributed by atoms with van der Waals surface area (Å²) in [6.07, 6.45) is 12.0. The van der Waals surface area contributed by atoms with Crippen molar-refractivity contribution in [3.05, 3.63) is 63.3 Å². The van der Waals surface area contributed by atoms with Gasteiger partial charge < -0.3 is 28.6 Å². The van der Waals surface area contributed by atoms with Gasteiger partial charge in [-0.2, -0.15) is 5.26 Å². The van der Waals surface area contributed by atoms with Crippen LogP contribution in [0, 0.1) is 40.4 Å². The Hall–Kier alpha value is -4.66. The van der Waals surface area contributed by atoms with Gasteiger partial charge in [0, 0.05) is 47.9 Å². The van der Waals surface area contributed by atoms with E-state index in [4.69, 9.17) is 35.3 Å². The molecule has 4 bridgehead atoms. The number of rotatable bonds is 10. The largest absolute Gasteiger partial charge is 0.482 e. The highest BCUT2D eigenvalue weighted by molar-refractivity contribution is 6.26. The van der Waals surface area contributed by atoms with Gasteiger partial charge in [-0.1, -0.05) is 29.4 Å². The van der Waals surface area contributed by atoms with Crippen molar-refractivity contribution in [1.82, 2.24) is 4.90 Å². The van der Waals surface area contributed by atoms with Crippen LogP contribution in [0.25, 0.3) is 11.8 Å². The normalized spacial score (nSPS) is 31.0. The molecule has 57 heavy (non-hydrogen) atoms. The summed E-state index contributed by atoms with van der Waals surface area (Å²) in [4.78, 5) is 43.1. The van der Waals surface area contributed by atoms with Crippen molar-refractivity contribution >= 4 is 46.9 Å².